The molecular weight excluding hydrogens is 188 g/mol. The number of benzene rings is 1. The van der Waals surface area contributed by atoms with Crippen molar-refractivity contribution in [2.45, 2.75) is 38.2 Å². The summed E-state index contributed by atoms with van der Waals surface area (Å²) in [5.74, 6) is 0. The molecule has 2 N–H and O–H groups in total. The summed E-state index contributed by atoms with van der Waals surface area (Å²) in [5.41, 5.74) is 0.227. The maximum absolute atomic E-state index is 10.2. The second kappa shape index (κ2) is 5.89. The van der Waals surface area contributed by atoms with E-state index in [0.717, 1.165) is 31.2 Å². The fraction of sp³-hybridized carbons (Fsp3) is 0.538. The summed E-state index contributed by atoms with van der Waals surface area (Å²) in [6.45, 7) is 2.09. The molecule has 0 aromatic heterocycles. The zero-order valence-corrected chi connectivity index (χ0v) is 9.32. The lowest BCUT2D eigenvalue weighted by Crippen LogP contribution is -2.20. The molecule has 1 atom stereocenters. The Morgan fingerprint density at radius 2 is 1.73 bits per heavy atom. The van der Waals surface area contributed by atoms with Crippen LogP contribution in [-0.4, -0.2) is 16.8 Å². The van der Waals surface area contributed by atoms with Crippen molar-refractivity contribution in [3.8, 4) is 0 Å². The molecule has 0 fully saturated rings. The molecule has 1 aromatic carbocycles. The third-order valence-electron chi connectivity index (χ3n) is 2.72. The van der Waals surface area contributed by atoms with Crippen LogP contribution in [0.5, 0.6) is 0 Å². The summed E-state index contributed by atoms with van der Waals surface area (Å²) in [4.78, 5) is 0. The summed E-state index contributed by atoms with van der Waals surface area (Å²) in [6.07, 6.45) is 3.49. The first kappa shape index (κ1) is 12.2. The minimum atomic E-state index is -0.739. The van der Waals surface area contributed by atoms with E-state index in [1.807, 2.05) is 37.3 Å². The highest BCUT2D eigenvalue weighted by Crippen LogP contribution is 2.26. The third-order valence-corrected chi connectivity index (χ3v) is 2.72. The Labute approximate surface area is 91.6 Å². The third kappa shape index (κ3) is 4.02. The van der Waals surface area contributed by atoms with Gasteiger partial charge in [-0.15, -0.1) is 0 Å². The quantitative estimate of drug-likeness (QED) is 0.705. The fourth-order valence-electron chi connectivity index (χ4n) is 1.70. The van der Waals surface area contributed by atoms with Gasteiger partial charge in [-0.1, -0.05) is 43.2 Å². The average Bonchev–Trinajstić information content (AvgIpc) is 2.26. The van der Waals surface area contributed by atoms with Gasteiger partial charge in [-0.2, -0.15) is 0 Å². The summed E-state index contributed by atoms with van der Waals surface area (Å²) in [5, 5.41) is 18.9. The van der Waals surface area contributed by atoms with Crippen molar-refractivity contribution in [3.05, 3.63) is 35.9 Å². The Bertz CT molecular complexity index is 267. The van der Waals surface area contributed by atoms with E-state index in [1.165, 1.54) is 0 Å². The van der Waals surface area contributed by atoms with Crippen LogP contribution in [0.15, 0.2) is 30.3 Å². The van der Waals surface area contributed by atoms with Gasteiger partial charge >= 0.3 is 0 Å². The van der Waals surface area contributed by atoms with Gasteiger partial charge in [-0.05, 0) is 25.3 Å². The number of rotatable bonds is 6. The molecule has 1 aromatic rings. The molecule has 84 valence electrons. The van der Waals surface area contributed by atoms with Crippen molar-refractivity contribution in [3.63, 3.8) is 0 Å². The highest BCUT2D eigenvalue weighted by molar-refractivity contribution is 5.21. The molecule has 0 spiro atoms. The molecular formula is C13H20O2. The summed E-state index contributed by atoms with van der Waals surface area (Å²) in [7, 11) is 0. The molecule has 0 aliphatic heterocycles. The van der Waals surface area contributed by atoms with Gasteiger partial charge in [-0.25, -0.2) is 0 Å². The van der Waals surface area contributed by atoms with Crippen LogP contribution >= 0.6 is 0 Å². The number of hydrogen-bond acceptors (Lipinski definition) is 2. The second-order valence-corrected chi connectivity index (χ2v) is 4.17. The van der Waals surface area contributed by atoms with Crippen LogP contribution < -0.4 is 0 Å². The van der Waals surface area contributed by atoms with Crippen LogP contribution in [0.3, 0.4) is 0 Å². The molecule has 2 heteroatoms. The lowest BCUT2D eigenvalue weighted by atomic mass is 9.90. The van der Waals surface area contributed by atoms with E-state index < -0.39 is 5.60 Å². The predicted octanol–water partition coefficient (Wildman–Crippen LogP) is 2.45. The lowest BCUT2D eigenvalue weighted by Gasteiger charge is -2.23. The SMILES string of the molecule is C[C@@](O)(CCCCCO)c1ccccc1. The molecule has 0 amide bonds. The first-order chi connectivity index (χ1) is 7.17. The molecule has 0 aliphatic rings. The normalized spacial score (nSPS) is 14.9. The topological polar surface area (TPSA) is 40.5 Å². The van der Waals surface area contributed by atoms with E-state index >= 15 is 0 Å². The molecule has 0 unspecified atom stereocenters. The van der Waals surface area contributed by atoms with Crippen LogP contribution in [0.1, 0.15) is 38.2 Å². The van der Waals surface area contributed by atoms with Crippen molar-refractivity contribution >= 4 is 0 Å². The monoisotopic (exact) mass is 208 g/mol. The zero-order chi connectivity index (χ0) is 11.1. The standard InChI is InChI=1S/C13H20O2/c1-13(15,10-6-3-7-11-14)12-8-4-2-5-9-12/h2,4-5,8-9,14-15H,3,6-7,10-11H2,1H3/t13-/m1/s1. The molecule has 0 saturated heterocycles. The van der Waals surface area contributed by atoms with Crippen LogP contribution in [0, 0.1) is 0 Å². The van der Waals surface area contributed by atoms with Gasteiger partial charge in [0.1, 0.15) is 0 Å². The smallest absolute Gasteiger partial charge is 0.0868 e. The van der Waals surface area contributed by atoms with Gasteiger partial charge in [0.05, 0.1) is 5.60 Å². The highest BCUT2D eigenvalue weighted by atomic mass is 16.3. The van der Waals surface area contributed by atoms with Crippen LogP contribution in [0.25, 0.3) is 0 Å². The maximum atomic E-state index is 10.2. The van der Waals surface area contributed by atoms with Crippen LogP contribution in [0.2, 0.25) is 0 Å². The number of unbranched alkanes of at least 4 members (excludes halogenated alkanes) is 2. The second-order valence-electron chi connectivity index (χ2n) is 4.17. The fourth-order valence-corrected chi connectivity index (χ4v) is 1.70. The molecule has 0 bridgehead atoms. The van der Waals surface area contributed by atoms with Gasteiger partial charge in [0, 0.05) is 6.61 Å². The minimum Gasteiger partial charge on any atom is -0.396 e. The first-order valence-corrected chi connectivity index (χ1v) is 5.55. The summed E-state index contributed by atoms with van der Waals surface area (Å²) in [6, 6.07) is 9.73. The Hall–Kier alpha value is -0.860. The Morgan fingerprint density at radius 3 is 2.33 bits per heavy atom. The zero-order valence-electron chi connectivity index (χ0n) is 9.32. The summed E-state index contributed by atoms with van der Waals surface area (Å²) < 4.78 is 0. The van der Waals surface area contributed by atoms with Crippen LogP contribution in [-0.2, 0) is 5.60 Å². The minimum absolute atomic E-state index is 0.244. The van der Waals surface area contributed by atoms with Gasteiger partial charge in [0.15, 0.2) is 0 Å². The van der Waals surface area contributed by atoms with Gasteiger partial charge in [-0.3, -0.25) is 0 Å². The molecule has 2 nitrogen and oxygen atoms in total. The van der Waals surface area contributed by atoms with E-state index in [1.54, 1.807) is 0 Å². The molecule has 1 rings (SSSR count). The highest BCUT2D eigenvalue weighted by Gasteiger charge is 2.21. The Balaban J connectivity index is 2.45. The van der Waals surface area contributed by atoms with Gasteiger partial charge < -0.3 is 10.2 Å². The van der Waals surface area contributed by atoms with Crippen molar-refractivity contribution in [1.82, 2.24) is 0 Å². The number of hydrogen-bond donors (Lipinski definition) is 2. The first-order valence-electron chi connectivity index (χ1n) is 5.55. The summed E-state index contributed by atoms with van der Waals surface area (Å²) >= 11 is 0. The lowest BCUT2D eigenvalue weighted by molar-refractivity contribution is 0.0445. The number of aliphatic hydroxyl groups excluding tert-OH is 1. The van der Waals surface area contributed by atoms with E-state index in [2.05, 4.69) is 0 Å². The van der Waals surface area contributed by atoms with Crippen LogP contribution in [0.4, 0.5) is 0 Å². The largest absolute Gasteiger partial charge is 0.396 e. The van der Waals surface area contributed by atoms with Gasteiger partial charge in [0.2, 0.25) is 0 Å². The van der Waals surface area contributed by atoms with E-state index in [9.17, 15) is 5.11 Å². The predicted molar refractivity (Wildman–Crippen MR) is 61.6 cm³/mol. The number of aliphatic hydroxyl groups is 2. The molecule has 15 heavy (non-hydrogen) atoms. The average molecular weight is 208 g/mol. The van der Waals surface area contributed by atoms with Crippen molar-refractivity contribution in [1.29, 1.82) is 0 Å². The van der Waals surface area contributed by atoms with E-state index in [-0.39, 0.29) is 6.61 Å². The Kier molecular flexibility index (Phi) is 4.79. The maximum Gasteiger partial charge on any atom is 0.0868 e. The van der Waals surface area contributed by atoms with Crippen molar-refractivity contribution in [2.75, 3.05) is 6.61 Å². The Morgan fingerprint density at radius 1 is 1.07 bits per heavy atom. The van der Waals surface area contributed by atoms with Gasteiger partial charge in [0.25, 0.3) is 0 Å². The van der Waals surface area contributed by atoms with E-state index in [0.29, 0.717) is 0 Å². The molecule has 0 aliphatic carbocycles. The van der Waals surface area contributed by atoms with Crippen molar-refractivity contribution in [2.24, 2.45) is 0 Å². The molecule has 0 heterocycles. The van der Waals surface area contributed by atoms with Crippen molar-refractivity contribution < 1.29 is 10.2 Å². The molecule has 0 saturated carbocycles. The van der Waals surface area contributed by atoms with E-state index in [4.69, 9.17) is 5.11 Å². The molecule has 0 radical (unpaired) electrons.